The number of aryl methyl sites for hydroxylation is 1. The molecule has 1 aliphatic heterocycles. The molecule has 33 heavy (non-hydrogen) atoms. The van der Waals surface area contributed by atoms with Crippen LogP contribution in [0.1, 0.15) is 60.0 Å². The number of hydrogen-bond donors (Lipinski definition) is 1. The van der Waals surface area contributed by atoms with Crippen LogP contribution in [0.15, 0.2) is 36.2 Å². The number of hydrogen-bond acceptors (Lipinski definition) is 6. The van der Waals surface area contributed by atoms with Crippen LogP contribution in [-0.2, 0) is 5.54 Å². The van der Waals surface area contributed by atoms with Gasteiger partial charge in [-0.3, -0.25) is 14.9 Å². The number of carbonyl (C=O) groups is 2. The third-order valence-electron chi connectivity index (χ3n) is 5.41. The molecule has 8 nitrogen and oxygen atoms in total. The predicted octanol–water partition coefficient (Wildman–Crippen LogP) is 4.45. The van der Waals surface area contributed by atoms with Crippen molar-refractivity contribution in [1.29, 1.82) is 0 Å². The highest BCUT2D eigenvalue weighted by Gasteiger charge is 2.32. The minimum absolute atomic E-state index is 0.131. The van der Waals surface area contributed by atoms with E-state index in [0.717, 1.165) is 24.1 Å². The summed E-state index contributed by atoms with van der Waals surface area (Å²) in [4.78, 5) is 34.7. The first-order valence-corrected chi connectivity index (χ1v) is 11.8. The van der Waals surface area contributed by atoms with Crippen LogP contribution in [-0.4, -0.2) is 57.0 Å². The quantitative estimate of drug-likeness (QED) is 0.614. The molecular formula is C24H30N6O2S. The minimum atomic E-state index is -0.379. The molecule has 1 saturated heterocycles. The number of carbonyl (C=O) groups excluding carboxylic acids is 2. The highest BCUT2D eigenvalue weighted by atomic mass is 32.1. The first-order valence-electron chi connectivity index (χ1n) is 11.0. The van der Waals surface area contributed by atoms with Crippen molar-refractivity contribution >= 4 is 38.6 Å². The Balaban J connectivity index is 1.71. The van der Waals surface area contributed by atoms with Crippen LogP contribution in [0.25, 0.3) is 10.3 Å². The summed E-state index contributed by atoms with van der Waals surface area (Å²) in [5, 5.41) is 8.02. The maximum Gasteiger partial charge on any atom is 0.280 e. The Hall–Kier alpha value is -3.20. The molecular weight excluding hydrogens is 436 g/mol. The van der Waals surface area contributed by atoms with Crippen LogP contribution in [0.2, 0.25) is 0 Å². The van der Waals surface area contributed by atoms with Crippen LogP contribution < -0.4 is 5.32 Å². The molecule has 0 atom stereocenters. The molecule has 0 radical (unpaired) electrons. The zero-order chi connectivity index (χ0) is 23.9. The highest BCUT2D eigenvalue weighted by Crippen LogP contribution is 2.34. The van der Waals surface area contributed by atoms with Crippen molar-refractivity contribution in [3.8, 4) is 0 Å². The largest absolute Gasteiger partial charge is 0.382 e. The molecule has 0 spiro atoms. The highest BCUT2D eigenvalue weighted by molar-refractivity contribution is 7.22. The molecule has 1 fully saturated rings. The fraction of sp³-hybridized carbons (Fsp3) is 0.417. The van der Waals surface area contributed by atoms with Crippen molar-refractivity contribution in [2.24, 2.45) is 0 Å². The number of aromatic nitrogens is 3. The average molecular weight is 467 g/mol. The van der Waals surface area contributed by atoms with Crippen LogP contribution in [0, 0.1) is 6.92 Å². The van der Waals surface area contributed by atoms with Gasteiger partial charge in [-0.2, -0.15) is 10.1 Å². The maximum atomic E-state index is 13.6. The van der Waals surface area contributed by atoms with Gasteiger partial charge in [0.15, 0.2) is 16.5 Å². The predicted molar refractivity (Wildman–Crippen MR) is 132 cm³/mol. The number of thiazole rings is 1. The van der Waals surface area contributed by atoms with Gasteiger partial charge in [0.05, 0.1) is 5.54 Å². The molecule has 4 rings (SSSR count). The molecule has 1 aromatic carbocycles. The molecule has 2 aromatic heterocycles. The van der Waals surface area contributed by atoms with Crippen molar-refractivity contribution in [2.75, 3.05) is 26.0 Å². The van der Waals surface area contributed by atoms with Gasteiger partial charge in [0, 0.05) is 38.1 Å². The van der Waals surface area contributed by atoms with Crippen LogP contribution in [0.4, 0.5) is 5.13 Å². The second-order valence-corrected chi connectivity index (χ2v) is 10.6. The van der Waals surface area contributed by atoms with Gasteiger partial charge >= 0.3 is 0 Å². The number of benzene rings is 1. The Morgan fingerprint density at radius 1 is 1.18 bits per heavy atom. The molecule has 1 N–H and O–H groups in total. The van der Waals surface area contributed by atoms with E-state index in [4.69, 9.17) is 0 Å². The molecule has 3 heterocycles. The van der Waals surface area contributed by atoms with Crippen molar-refractivity contribution in [3.05, 3.63) is 53.0 Å². The number of anilines is 1. The van der Waals surface area contributed by atoms with E-state index in [1.807, 2.05) is 65.0 Å². The lowest BCUT2D eigenvalue weighted by molar-refractivity contribution is 0.0818. The Labute approximate surface area is 197 Å². The lowest BCUT2D eigenvalue weighted by Crippen LogP contribution is -2.29. The van der Waals surface area contributed by atoms with Gasteiger partial charge in [0.2, 0.25) is 0 Å². The van der Waals surface area contributed by atoms with Crippen molar-refractivity contribution < 1.29 is 9.59 Å². The zero-order valence-corrected chi connectivity index (χ0v) is 20.8. The summed E-state index contributed by atoms with van der Waals surface area (Å²) in [5.41, 5.74) is 3.23. The van der Waals surface area contributed by atoms with E-state index in [-0.39, 0.29) is 17.4 Å². The second-order valence-electron chi connectivity index (χ2n) is 9.57. The molecule has 0 saturated carbocycles. The lowest BCUT2D eigenvalue weighted by Gasteiger charge is -2.20. The fourth-order valence-electron chi connectivity index (χ4n) is 3.83. The van der Waals surface area contributed by atoms with Crippen LogP contribution in [0.3, 0.4) is 0 Å². The molecule has 1 aliphatic rings. The Morgan fingerprint density at radius 2 is 1.88 bits per heavy atom. The van der Waals surface area contributed by atoms with E-state index < -0.39 is 0 Å². The normalized spacial score (nSPS) is 15.5. The summed E-state index contributed by atoms with van der Waals surface area (Å²) in [6, 6.07) is 7.37. The summed E-state index contributed by atoms with van der Waals surface area (Å²) in [6.45, 7) is 8.70. The third-order valence-corrected chi connectivity index (χ3v) is 6.38. The van der Waals surface area contributed by atoms with E-state index in [9.17, 15) is 9.59 Å². The van der Waals surface area contributed by atoms with Gasteiger partial charge in [-0.1, -0.05) is 29.0 Å². The summed E-state index contributed by atoms with van der Waals surface area (Å²) < 4.78 is 2.46. The second kappa shape index (κ2) is 8.62. The van der Waals surface area contributed by atoms with E-state index in [1.54, 1.807) is 21.7 Å². The SMILES string of the molecule is Cc1ccc(C(=O)Nc2nc3c(s2)c(C(=O)N2CCC/C2=C\N(C)C)nn3C(C)(C)C)cc1. The van der Waals surface area contributed by atoms with Gasteiger partial charge in [0.25, 0.3) is 11.8 Å². The summed E-state index contributed by atoms with van der Waals surface area (Å²) in [7, 11) is 3.90. The smallest absolute Gasteiger partial charge is 0.280 e. The number of nitrogens with one attached hydrogen (secondary N) is 1. The first kappa shape index (κ1) is 23.0. The third kappa shape index (κ3) is 4.64. The first-order chi connectivity index (χ1) is 15.5. The van der Waals surface area contributed by atoms with E-state index in [2.05, 4.69) is 15.4 Å². The molecule has 0 bridgehead atoms. The number of allylic oxidation sites excluding steroid dienone is 1. The molecule has 9 heteroatoms. The summed E-state index contributed by atoms with van der Waals surface area (Å²) in [5.74, 6) is -0.362. The number of nitrogens with zero attached hydrogens (tertiary/aromatic N) is 5. The fourth-order valence-corrected chi connectivity index (χ4v) is 4.74. The van der Waals surface area contributed by atoms with Crippen molar-refractivity contribution in [3.63, 3.8) is 0 Å². The topological polar surface area (TPSA) is 83.4 Å². The van der Waals surface area contributed by atoms with Crippen molar-refractivity contribution in [1.82, 2.24) is 24.6 Å². The van der Waals surface area contributed by atoms with Gasteiger partial charge in [-0.15, -0.1) is 0 Å². The molecule has 3 aromatic rings. The Bertz CT molecular complexity index is 1230. The molecule has 0 unspecified atom stereocenters. The van der Waals surface area contributed by atoms with Crippen molar-refractivity contribution in [2.45, 2.75) is 46.1 Å². The van der Waals surface area contributed by atoms with E-state index >= 15 is 0 Å². The summed E-state index contributed by atoms with van der Waals surface area (Å²) >= 11 is 1.29. The van der Waals surface area contributed by atoms with Gasteiger partial charge in [-0.05, 0) is 52.7 Å². The number of likely N-dealkylation sites (tertiary alicyclic amines) is 1. The monoisotopic (exact) mass is 466 g/mol. The van der Waals surface area contributed by atoms with Gasteiger partial charge in [-0.25, -0.2) is 4.68 Å². The maximum absolute atomic E-state index is 13.6. The zero-order valence-electron chi connectivity index (χ0n) is 20.0. The van der Waals surface area contributed by atoms with Gasteiger partial charge < -0.3 is 9.80 Å². The van der Waals surface area contributed by atoms with E-state index in [0.29, 0.717) is 33.3 Å². The number of fused-ring (bicyclic) bond motifs is 1. The molecule has 2 amide bonds. The average Bonchev–Trinajstić information content (AvgIpc) is 3.42. The summed E-state index contributed by atoms with van der Waals surface area (Å²) in [6.07, 6.45) is 3.77. The Kier molecular flexibility index (Phi) is 6.00. The van der Waals surface area contributed by atoms with E-state index in [1.165, 1.54) is 11.3 Å². The van der Waals surface area contributed by atoms with Crippen LogP contribution >= 0.6 is 11.3 Å². The Morgan fingerprint density at radius 3 is 2.52 bits per heavy atom. The standard InChI is InChI=1S/C24H30N6O2S/c1-15-9-11-16(12-10-15)21(31)26-23-25-20-19(33-23)18(27-30(20)24(2,3)4)22(32)29-13-7-8-17(29)14-28(5)6/h9-12,14H,7-8,13H2,1-6H3,(H,25,26,31)/b17-14+. The van der Waals surface area contributed by atoms with Gasteiger partial charge in [0.1, 0.15) is 4.70 Å². The number of amides is 2. The van der Waals surface area contributed by atoms with Crippen LogP contribution in [0.5, 0.6) is 0 Å². The molecule has 0 aliphatic carbocycles. The minimum Gasteiger partial charge on any atom is -0.382 e. The molecule has 174 valence electrons. The number of rotatable bonds is 4. The lowest BCUT2D eigenvalue weighted by atomic mass is 10.1.